The summed E-state index contributed by atoms with van der Waals surface area (Å²) in [7, 11) is 0. The lowest BCUT2D eigenvalue weighted by Gasteiger charge is -2.02. The second kappa shape index (κ2) is 5.09. The summed E-state index contributed by atoms with van der Waals surface area (Å²) in [5.41, 5.74) is 0.832. The van der Waals surface area contributed by atoms with E-state index in [4.69, 9.17) is 11.6 Å². The van der Waals surface area contributed by atoms with Crippen LogP contribution in [-0.4, -0.2) is 10.9 Å². The summed E-state index contributed by atoms with van der Waals surface area (Å²) in [6.45, 7) is 0.426. The van der Waals surface area contributed by atoms with Crippen LogP contribution in [0, 0.1) is 0 Å². The fourth-order valence-electron chi connectivity index (χ4n) is 1.19. The third-order valence-corrected chi connectivity index (χ3v) is 3.22. The Morgan fingerprint density at radius 1 is 1.50 bits per heavy atom. The highest BCUT2D eigenvalue weighted by molar-refractivity contribution is 7.12. The second-order valence-electron chi connectivity index (χ2n) is 3.13. The molecule has 1 amide bonds. The van der Waals surface area contributed by atoms with Crippen LogP contribution in [0.3, 0.4) is 0 Å². The molecular weight excluding hydrogens is 244 g/mol. The molecule has 0 fully saturated rings. The zero-order valence-electron chi connectivity index (χ0n) is 8.31. The molecule has 0 aliphatic carbocycles. The third-order valence-electron chi connectivity index (χ3n) is 1.95. The second-order valence-corrected chi connectivity index (χ2v) is 4.48. The van der Waals surface area contributed by atoms with Gasteiger partial charge in [0.05, 0.1) is 22.1 Å². The lowest BCUT2D eigenvalue weighted by atomic mass is 10.3. The van der Waals surface area contributed by atoms with Gasteiger partial charge in [-0.3, -0.25) is 9.78 Å². The van der Waals surface area contributed by atoms with Crippen LogP contribution in [0.5, 0.6) is 0 Å². The molecule has 16 heavy (non-hydrogen) atoms. The molecule has 0 aromatic carbocycles. The van der Waals surface area contributed by atoms with Gasteiger partial charge in [0.25, 0.3) is 5.91 Å². The smallest absolute Gasteiger partial charge is 0.261 e. The number of aromatic nitrogens is 1. The maximum Gasteiger partial charge on any atom is 0.261 e. The van der Waals surface area contributed by atoms with Crippen molar-refractivity contribution in [2.45, 2.75) is 6.54 Å². The first-order chi connectivity index (χ1) is 7.75. The van der Waals surface area contributed by atoms with Gasteiger partial charge in [-0.25, -0.2) is 0 Å². The molecule has 0 unspecified atom stereocenters. The van der Waals surface area contributed by atoms with Crippen molar-refractivity contribution in [1.29, 1.82) is 0 Å². The van der Waals surface area contributed by atoms with E-state index >= 15 is 0 Å². The van der Waals surface area contributed by atoms with E-state index in [1.54, 1.807) is 17.6 Å². The minimum absolute atomic E-state index is 0.123. The lowest BCUT2D eigenvalue weighted by Crippen LogP contribution is -2.22. The number of pyridine rings is 1. The molecule has 0 aliphatic rings. The maximum atomic E-state index is 11.6. The van der Waals surface area contributed by atoms with Crippen molar-refractivity contribution < 1.29 is 4.79 Å². The summed E-state index contributed by atoms with van der Waals surface area (Å²) in [5, 5.41) is 5.10. The van der Waals surface area contributed by atoms with Gasteiger partial charge in [0.2, 0.25) is 0 Å². The molecule has 3 nitrogen and oxygen atoms in total. The van der Waals surface area contributed by atoms with Crippen molar-refractivity contribution in [1.82, 2.24) is 10.3 Å². The van der Waals surface area contributed by atoms with Gasteiger partial charge in [0, 0.05) is 11.6 Å². The Kier molecular flexibility index (Phi) is 3.54. The molecule has 0 saturated heterocycles. The van der Waals surface area contributed by atoms with Gasteiger partial charge in [-0.15, -0.1) is 11.3 Å². The van der Waals surface area contributed by atoms with Crippen molar-refractivity contribution in [3.8, 4) is 0 Å². The van der Waals surface area contributed by atoms with E-state index in [-0.39, 0.29) is 5.91 Å². The highest BCUT2D eigenvalue weighted by Gasteiger charge is 2.07. The summed E-state index contributed by atoms with van der Waals surface area (Å²) in [4.78, 5) is 16.4. The Morgan fingerprint density at radius 2 is 2.38 bits per heavy atom. The highest BCUT2D eigenvalue weighted by Crippen LogP contribution is 2.18. The quantitative estimate of drug-likeness (QED) is 0.913. The van der Waals surface area contributed by atoms with Gasteiger partial charge in [-0.2, -0.15) is 0 Å². The van der Waals surface area contributed by atoms with Crippen molar-refractivity contribution in [3.05, 3.63) is 51.4 Å². The van der Waals surface area contributed by atoms with Gasteiger partial charge < -0.3 is 5.32 Å². The number of thiophene rings is 1. The number of amides is 1. The predicted molar refractivity (Wildman–Crippen MR) is 64.7 cm³/mol. The largest absolute Gasteiger partial charge is 0.346 e. The summed E-state index contributed by atoms with van der Waals surface area (Å²) in [5.74, 6) is -0.123. The topological polar surface area (TPSA) is 42.0 Å². The number of carbonyl (C=O) groups excluding carboxylic acids is 1. The maximum absolute atomic E-state index is 11.6. The number of hydrogen-bond donors (Lipinski definition) is 1. The number of nitrogens with zero attached hydrogens (tertiary/aromatic N) is 1. The number of nitrogens with one attached hydrogen (secondary N) is 1. The SMILES string of the molecule is O=C(NCc1ccccn1)c1cc(Cl)cs1. The molecular formula is C11H9ClN2OS. The van der Waals surface area contributed by atoms with Crippen LogP contribution < -0.4 is 5.32 Å². The molecule has 0 saturated carbocycles. The molecule has 1 N–H and O–H groups in total. The average molecular weight is 253 g/mol. The monoisotopic (exact) mass is 252 g/mol. The summed E-state index contributed by atoms with van der Waals surface area (Å²) >= 11 is 7.07. The van der Waals surface area contributed by atoms with Gasteiger partial charge in [-0.05, 0) is 18.2 Å². The molecule has 0 atom stereocenters. The average Bonchev–Trinajstić information content (AvgIpc) is 2.74. The van der Waals surface area contributed by atoms with E-state index in [2.05, 4.69) is 10.3 Å². The van der Waals surface area contributed by atoms with Gasteiger partial charge in [0.15, 0.2) is 0 Å². The van der Waals surface area contributed by atoms with Crippen LogP contribution in [0.2, 0.25) is 5.02 Å². The van der Waals surface area contributed by atoms with Crippen molar-refractivity contribution in [2.75, 3.05) is 0 Å². The van der Waals surface area contributed by atoms with Crippen molar-refractivity contribution in [2.24, 2.45) is 0 Å². The van der Waals surface area contributed by atoms with E-state index in [1.807, 2.05) is 18.2 Å². The third kappa shape index (κ3) is 2.81. The number of hydrogen-bond acceptors (Lipinski definition) is 3. The van der Waals surface area contributed by atoms with Crippen LogP contribution in [-0.2, 0) is 6.54 Å². The highest BCUT2D eigenvalue weighted by atomic mass is 35.5. The minimum atomic E-state index is -0.123. The van der Waals surface area contributed by atoms with E-state index in [0.717, 1.165) is 5.69 Å². The number of carbonyl (C=O) groups is 1. The first-order valence-electron chi connectivity index (χ1n) is 4.68. The molecule has 0 radical (unpaired) electrons. The standard InChI is InChI=1S/C11H9ClN2OS/c12-8-5-10(16-7-8)11(15)14-6-9-3-1-2-4-13-9/h1-5,7H,6H2,(H,14,15). The van der Waals surface area contributed by atoms with Crippen LogP contribution in [0.4, 0.5) is 0 Å². The first-order valence-corrected chi connectivity index (χ1v) is 5.93. The summed E-state index contributed by atoms with van der Waals surface area (Å²) < 4.78 is 0. The Balaban J connectivity index is 1.94. The van der Waals surface area contributed by atoms with Crippen LogP contribution >= 0.6 is 22.9 Å². The van der Waals surface area contributed by atoms with Gasteiger partial charge >= 0.3 is 0 Å². The lowest BCUT2D eigenvalue weighted by molar-refractivity contribution is 0.0954. The Bertz CT molecular complexity index is 484. The normalized spacial score (nSPS) is 10.1. The zero-order valence-corrected chi connectivity index (χ0v) is 9.89. The molecule has 0 bridgehead atoms. The van der Waals surface area contributed by atoms with Gasteiger partial charge in [0.1, 0.15) is 0 Å². The molecule has 2 rings (SSSR count). The number of rotatable bonds is 3. The van der Waals surface area contributed by atoms with E-state index in [0.29, 0.717) is 16.4 Å². The van der Waals surface area contributed by atoms with Gasteiger partial charge in [-0.1, -0.05) is 17.7 Å². The predicted octanol–water partition coefficient (Wildman–Crippen LogP) is 2.73. The van der Waals surface area contributed by atoms with Crippen LogP contribution in [0.15, 0.2) is 35.8 Å². The fourth-order valence-corrected chi connectivity index (χ4v) is 2.18. The van der Waals surface area contributed by atoms with Crippen molar-refractivity contribution >= 4 is 28.8 Å². The van der Waals surface area contributed by atoms with E-state index in [1.165, 1.54) is 11.3 Å². The minimum Gasteiger partial charge on any atom is -0.346 e. The molecule has 2 aromatic heterocycles. The molecule has 5 heteroatoms. The molecule has 2 aromatic rings. The molecule has 2 heterocycles. The Morgan fingerprint density at radius 3 is 3.00 bits per heavy atom. The van der Waals surface area contributed by atoms with E-state index < -0.39 is 0 Å². The Labute approximate surface area is 102 Å². The Hall–Kier alpha value is -1.39. The molecule has 0 spiro atoms. The summed E-state index contributed by atoms with van der Waals surface area (Å²) in [6, 6.07) is 7.24. The van der Waals surface area contributed by atoms with E-state index in [9.17, 15) is 4.79 Å². The molecule has 0 aliphatic heterocycles. The first kappa shape index (κ1) is 11.1. The zero-order chi connectivity index (χ0) is 11.4. The summed E-state index contributed by atoms with van der Waals surface area (Å²) in [6.07, 6.45) is 1.70. The molecule has 82 valence electrons. The fraction of sp³-hybridized carbons (Fsp3) is 0.0909. The van der Waals surface area contributed by atoms with Crippen LogP contribution in [0.25, 0.3) is 0 Å². The van der Waals surface area contributed by atoms with Crippen LogP contribution in [0.1, 0.15) is 15.4 Å². The van der Waals surface area contributed by atoms with Crippen molar-refractivity contribution in [3.63, 3.8) is 0 Å². The number of halogens is 1.